The van der Waals surface area contributed by atoms with Crippen molar-refractivity contribution in [3.63, 3.8) is 0 Å². The Bertz CT molecular complexity index is 178. The average Bonchev–Trinajstić information content (AvgIpc) is 2.03. The van der Waals surface area contributed by atoms with E-state index in [4.69, 9.17) is 0 Å². The van der Waals surface area contributed by atoms with Crippen LogP contribution in [0.5, 0.6) is 0 Å². The molecule has 0 spiro atoms. The van der Waals surface area contributed by atoms with Gasteiger partial charge in [0.2, 0.25) is 0 Å². The lowest BCUT2D eigenvalue weighted by atomic mass is 9.76. The summed E-state index contributed by atoms with van der Waals surface area (Å²) in [7, 11) is 0. The van der Waals surface area contributed by atoms with Crippen LogP contribution in [0.25, 0.3) is 0 Å². The van der Waals surface area contributed by atoms with Gasteiger partial charge >= 0.3 is 0 Å². The van der Waals surface area contributed by atoms with E-state index < -0.39 is 5.60 Å². The van der Waals surface area contributed by atoms with Crippen molar-refractivity contribution in [2.45, 2.75) is 50.2 Å². The molecule has 11 heavy (non-hydrogen) atoms. The second kappa shape index (κ2) is 2.59. The van der Waals surface area contributed by atoms with Crippen LogP contribution in [-0.2, 0) is 0 Å². The Morgan fingerprint density at radius 1 is 1.36 bits per heavy atom. The van der Waals surface area contributed by atoms with Gasteiger partial charge in [-0.1, -0.05) is 12.8 Å². The Balaban J connectivity index is 2.16. The van der Waals surface area contributed by atoms with E-state index in [0.717, 1.165) is 25.7 Å². The van der Waals surface area contributed by atoms with E-state index in [-0.39, 0.29) is 6.04 Å². The zero-order valence-corrected chi connectivity index (χ0v) is 6.79. The Morgan fingerprint density at radius 2 is 2.27 bits per heavy atom. The van der Waals surface area contributed by atoms with Gasteiger partial charge in [0, 0.05) is 0 Å². The minimum atomic E-state index is -0.424. The number of hydrogen-bond donors (Lipinski definition) is 1. The molecule has 1 N–H and O–H groups in total. The van der Waals surface area contributed by atoms with Crippen LogP contribution in [0.2, 0.25) is 0 Å². The normalized spacial score (nSPS) is 43.5. The molecule has 2 heteroatoms. The van der Waals surface area contributed by atoms with Gasteiger partial charge in [0.05, 0.1) is 11.6 Å². The first-order valence-corrected chi connectivity index (χ1v) is 4.55. The molecular weight excluding hydrogens is 138 g/mol. The second-order valence-corrected chi connectivity index (χ2v) is 3.74. The standard InChI is InChI=1S/C9H15NO/c11-9-5-2-1-4-8(9)10-7-3-6-9/h7-8,11H,1-6H2. The van der Waals surface area contributed by atoms with Gasteiger partial charge in [-0.05, 0) is 31.9 Å². The van der Waals surface area contributed by atoms with Crippen LogP contribution in [0.1, 0.15) is 38.5 Å². The molecule has 1 fully saturated rings. The summed E-state index contributed by atoms with van der Waals surface area (Å²) in [4.78, 5) is 4.35. The van der Waals surface area contributed by atoms with E-state index >= 15 is 0 Å². The predicted octanol–water partition coefficient (Wildman–Crippen LogP) is 1.52. The highest BCUT2D eigenvalue weighted by atomic mass is 16.3. The molecular formula is C9H15NO. The lowest BCUT2D eigenvalue weighted by Crippen LogP contribution is -2.45. The molecule has 0 bridgehead atoms. The summed E-state index contributed by atoms with van der Waals surface area (Å²) >= 11 is 0. The number of nitrogens with zero attached hydrogens (tertiary/aromatic N) is 1. The lowest BCUT2D eigenvalue weighted by Gasteiger charge is -2.39. The number of hydrogen-bond acceptors (Lipinski definition) is 2. The fraction of sp³-hybridized carbons (Fsp3) is 0.889. The van der Waals surface area contributed by atoms with E-state index in [1.54, 1.807) is 0 Å². The second-order valence-electron chi connectivity index (χ2n) is 3.74. The number of aliphatic hydroxyl groups is 1. The summed E-state index contributed by atoms with van der Waals surface area (Å²) in [5.74, 6) is 0. The highest BCUT2D eigenvalue weighted by Gasteiger charge is 2.39. The van der Waals surface area contributed by atoms with E-state index in [1.165, 1.54) is 12.8 Å². The van der Waals surface area contributed by atoms with E-state index in [9.17, 15) is 5.11 Å². The highest BCUT2D eigenvalue weighted by molar-refractivity contribution is 5.59. The third-order valence-electron chi connectivity index (χ3n) is 2.95. The zero-order chi connectivity index (χ0) is 7.73. The number of rotatable bonds is 0. The monoisotopic (exact) mass is 153 g/mol. The van der Waals surface area contributed by atoms with Crippen LogP contribution in [0.4, 0.5) is 0 Å². The summed E-state index contributed by atoms with van der Waals surface area (Å²) in [5.41, 5.74) is -0.424. The predicted molar refractivity (Wildman–Crippen MR) is 44.9 cm³/mol. The minimum absolute atomic E-state index is 0.227. The van der Waals surface area contributed by atoms with Gasteiger partial charge in [0.25, 0.3) is 0 Å². The molecule has 0 amide bonds. The maximum Gasteiger partial charge on any atom is 0.0873 e. The van der Waals surface area contributed by atoms with Crippen molar-refractivity contribution in [1.29, 1.82) is 0 Å². The van der Waals surface area contributed by atoms with Gasteiger partial charge in [-0.2, -0.15) is 0 Å². The van der Waals surface area contributed by atoms with Gasteiger partial charge in [-0.3, -0.25) is 4.99 Å². The van der Waals surface area contributed by atoms with Crippen LogP contribution < -0.4 is 0 Å². The molecule has 2 nitrogen and oxygen atoms in total. The van der Waals surface area contributed by atoms with Gasteiger partial charge in [0.15, 0.2) is 0 Å². The molecule has 0 aromatic heterocycles. The molecule has 0 aromatic rings. The SMILES string of the molecule is OC12CCC=NC1CCCC2. The maximum atomic E-state index is 10.1. The van der Waals surface area contributed by atoms with Gasteiger partial charge in [0.1, 0.15) is 0 Å². The molecule has 2 unspecified atom stereocenters. The zero-order valence-electron chi connectivity index (χ0n) is 6.79. The molecule has 0 radical (unpaired) electrons. The van der Waals surface area contributed by atoms with Crippen molar-refractivity contribution in [2.75, 3.05) is 0 Å². The van der Waals surface area contributed by atoms with Crippen molar-refractivity contribution in [3.05, 3.63) is 0 Å². The Labute approximate surface area is 67.3 Å². The first-order chi connectivity index (χ1) is 5.31. The molecule has 1 aliphatic heterocycles. The quantitative estimate of drug-likeness (QED) is 0.562. The fourth-order valence-corrected chi connectivity index (χ4v) is 2.23. The third-order valence-corrected chi connectivity index (χ3v) is 2.95. The molecule has 2 rings (SSSR count). The highest BCUT2D eigenvalue weighted by Crippen LogP contribution is 2.35. The van der Waals surface area contributed by atoms with Crippen molar-refractivity contribution in [2.24, 2.45) is 4.99 Å². The summed E-state index contributed by atoms with van der Waals surface area (Å²) in [6.45, 7) is 0. The van der Waals surface area contributed by atoms with Crippen molar-refractivity contribution >= 4 is 6.21 Å². The lowest BCUT2D eigenvalue weighted by molar-refractivity contribution is -0.0224. The van der Waals surface area contributed by atoms with Gasteiger partial charge in [-0.25, -0.2) is 0 Å². The first-order valence-electron chi connectivity index (χ1n) is 4.55. The molecule has 62 valence electrons. The van der Waals surface area contributed by atoms with E-state index in [2.05, 4.69) is 4.99 Å². The summed E-state index contributed by atoms with van der Waals surface area (Å²) in [6, 6.07) is 0.227. The molecule has 0 aromatic carbocycles. The minimum Gasteiger partial charge on any atom is -0.388 e. The van der Waals surface area contributed by atoms with Crippen molar-refractivity contribution in [3.8, 4) is 0 Å². The largest absolute Gasteiger partial charge is 0.388 e. The van der Waals surface area contributed by atoms with E-state index in [0.29, 0.717) is 0 Å². The molecule has 2 aliphatic rings. The summed E-state index contributed by atoms with van der Waals surface area (Å²) in [5, 5.41) is 10.1. The molecule has 1 aliphatic carbocycles. The number of aliphatic imine (C=N–C) groups is 1. The number of fused-ring (bicyclic) bond motifs is 1. The average molecular weight is 153 g/mol. The summed E-state index contributed by atoms with van der Waals surface area (Å²) < 4.78 is 0. The molecule has 0 saturated heterocycles. The Morgan fingerprint density at radius 3 is 3.09 bits per heavy atom. The maximum absolute atomic E-state index is 10.1. The smallest absolute Gasteiger partial charge is 0.0873 e. The van der Waals surface area contributed by atoms with Crippen LogP contribution in [0.3, 0.4) is 0 Å². The summed E-state index contributed by atoms with van der Waals surface area (Å²) in [6.07, 6.45) is 8.35. The van der Waals surface area contributed by atoms with Gasteiger partial charge < -0.3 is 5.11 Å². The van der Waals surface area contributed by atoms with Crippen LogP contribution >= 0.6 is 0 Å². The van der Waals surface area contributed by atoms with Crippen LogP contribution in [0.15, 0.2) is 4.99 Å². The first kappa shape index (κ1) is 7.29. The van der Waals surface area contributed by atoms with Crippen LogP contribution in [-0.4, -0.2) is 23.0 Å². The Hall–Kier alpha value is -0.370. The Kier molecular flexibility index (Phi) is 1.72. The molecule has 2 atom stereocenters. The topological polar surface area (TPSA) is 32.6 Å². The van der Waals surface area contributed by atoms with Crippen molar-refractivity contribution < 1.29 is 5.11 Å². The van der Waals surface area contributed by atoms with Crippen LogP contribution in [0, 0.1) is 0 Å². The molecule has 1 saturated carbocycles. The molecule has 1 heterocycles. The third kappa shape index (κ3) is 1.20. The van der Waals surface area contributed by atoms with Gasteiger partial charge in [-0.15, -0.1) is 0 Å². The fourth-order valence-electron chi connectivity index (χ4n) is 2.23. The van der Waals surface area contributed by atoms with Crippen molar-refractivity contribution in [1.82, 2.24) is 0 Å². The van der Waals surface area contributed by atoms with E-state index in [1.807, 2.05) is 6.21 Å².